The first-order valence-corrected chi connectivity index (χ1v) is 8.14. The molecule has 0 saturated carbocycles. The van der Waals surface area contributed by atoms with E-state index in [4.69, 9.17) is 0 Å². The summed E-state index contributed by atoms with van der Waals surface area (Å²) < 4.78 is 25.6. The van der Waals surface area contributed by atoms with Crippen LogP contribution in [0.3, 0.4) is 0 Å². The van der Waals surface area contributed by atoms with Crippen molar-refractivity contribution in [1.82, 2.24) is 9.62 Å². The molecule has 0 radical (unpaired) electrons. The van der Waals surface area contributed by atoms with Crippen molar-refractivity contribution in [3.8, 4) is 0 Å². The van der Waals surface area contributed by atoms with Crippen molar-refractivity contribution in [3.63, 3.8) is 0 Å². The first-order chi connectivity index (χ1) is 8.57. The van der Waals surface area contributed by atoms with Crippen LogP contribution in [0.4, 0.5) is 0 Å². The Morgan fingerprint density at radius 1 is 1.22 bits per heavy atom. The van der Waals surface area contributed by atoms with Crippen LogP contribution in [0.15, 0.2) is 30.3 Å². The molecule has 98 valence electrons. The Morgan fingerprint density at radius 3 is 2.61 bits per heavy atom. The second-order valence-electron chi connectivity index (χ2n) is 5.27. The molecule has 0 aromatic heterocycles. The monoisotopic (exact) mass is 266 g/mol. The molecule has 3 atom stereocenters. The Kier molecular flexibility index (Phi) is 2.92. The lowest BCUT2D eigenvalue weighted by atomic mass is 9.90. The van der Waals surface area contributed by atoms with E-state index in [-0.39, 0.29) is 6.04 Å². The Morgan fingerprint density at radius 2 is 1.94 bits per heavy atom. The van der Waals surface area contributed by atoms with Gasteiger partial charge in [0.2, 0.25) is 10.0 Å². The first kappa shape index (κ1) is 12.1. The summed E-state index contributed by atoms with van der Waals surface area (Å²) in [6.07, 6.45) is 1.32. The topological polar surface area (TPSA) is 49.4 Å². The summed E-state index contributed by atoms with van der Waals surface area (Å²) >= 11 is 0. The van der Waals surface area contributed by atoms with Gasteiger partial charge in [-0.15, -0.1) is 0 Å². The maximum atomic E-state index is 12.0. The molecule has 5 heteroatoms. The minimum Gasteiger partial charge on any atom is -0.316 e. The van der Waals surface area contributed by atoms with Crippen LogP contribution in [-0.4, -0.2) is 38.6 Å². The third-order valence-electron chi connectivity index (χ3n) is 4.09. The minimum absolute atomic E-state index is 0.00111. The van der Waals surface area contributed by atoms with Crippen molar-refractivity contribution in [2.75, 3.05) is 25.9 Å². The average molecular weight is 266 g/mol. The minimum atomic E-state index is -3.14. The molecule has 2 saturated heterocycles. The van der Waals surface area contributed by atoms with E-state index in [9.17, 15) is 8.42 Å². The van der Waals surface area contributed by atoms with E-state index < -0.39 is 10.0 Å². The molecule has 0 spiro atoms. The van der Waals surface area contributed by atoms with E-state index in [1.54, 1.807) is 4.31 Å². The van der Waals surface area contributed by atoms with E-state index >= 15 is 0 Å². The Balaban J connectivity index is 2.01. The standard InChI is InChI=1S/C13H18N2O2S/c1-18(16,17)15-9-11-7-14-8-12(11)13(15)10-5-3-2-4-6-10/h2-6,11-14H,7-9H2,1H3/t11-,12-,13+/m1/s1. The van der Waals surface area contributed by atoms with Crippen LogP contribution >= 0.6 is 0 Å². The van der Waals surface area contributed by atoms with Crippen LogP contribution in [0.2, 0.25) is 0 Å². The molecule has 2 fully saturated rings. The first-order valence-electron chi connectivity index (χ1n) is 6.30. The lowest BCUT2D eigenvalue weighted by Crippen LogP contribution is -2.33. The van der Waals surface area contributed by atoms with Crippen molar-refractivity contribution in [2.24, 2.45) is 11.8 Å². The Labute approximate surface area is 108 Å². The van der Waals surface area contributed by atoms with Gasteiger partial charge in [-0.1, -0.05) is 30.3 Å². The summed E-state index contributed by atoms with van der Waals surface area (Å²) in [4.78, 5) is 0. The van der Waals surface area contributed by atoms with Gasteiger partial charge in [0.25, 0.3) is 0 Å². The van der Waals surface area contributed by atoms with Gasteiger partial charge in [-0.25, -0.2) is 8.42 Å². The fourth-order valence-corrected chi connectivity index (χ4v) is 4.44. The highest BCUT2D eigenvalue weighted by molar-refractivity contribution is 7.88. The van der Waals surface area contributed by atoms with Gasteiger partial charge in [0.05, 0.1) is 12.3 Å². The SMILES string of the molecule is CS(=O)(=O)N1C[C@H]2CNC[C@H]2[C@@H]1c1ccccc1. The highest BCUT2D eigenvalue weighted by Crippen LogP contribution is 2.43. The van der Waals surface area contributed by atoms with Crippen molar-refractivity contribution >= 4 is 10.0 Å². The van der Waals surface area contributed by atoms with E-state index in [0.29, 0.717) is 18.4 Å². The lowest BCUT2D eigenvalue weighted by molar-refractivity contribution is 0.348. The number of fused-ring (bicyclic) bond motifs is 1. The molecule has 2 aliphatic heterocycles. The molecule has 0 amide bonds. The second-order valence-corrected chi connectivity index (χ2v) is 7.21. The Bertz CT molecular complexity index is 529. The predicted molar refractivity (Wildman–Crippen MR) is 70.6 cm³/mol. The van der Waals surface area contributed by atoms with Gasteiger partial charge in [0, 0.05) is 13.1 Å². The highest BCUT2D eigenvalue weighted by atomic mass is 32.2. The van der Waals surface area contributed by atoms with Crippen molar-refractivity contribution < 1.29 is 8.42 Å². The molecular weight excluding hydrogens is 248 g/mol. The summed E-state index contributed by atoms with van der Waals surface area (Å²) in [6, 6.07) is 9.98. The third-order valence-corrected chi connectivity index (χ3v) is 5.32. The van der Waals surface area contributed by atoms with E-state index in [1.807, 2.05) is 30.3 Å². The van der Waals surface area contributed by atoms with E-state index in [1.165, 1.54) is 6.26 Å². The quantitative estimate of drug-likeness (QED) is 0.863. The van der Waals surface area contributed by atoms with Gasteiger partial charge in [0.15, 0.2) is 0 Å². The molecule has 1 N–H and O–H groups in total. The predicted octanol–water partition coefficient (Wildman–Crippen LogP) is 0.838. The van der Waals surface area contributed by atoms with E-state index in [0.717, 1.165) is 18.7 Å². The zero-order valence-corrected chi connectivity index (χ0v) is 11.2. The number of hydrogen-bond donors (Lipinski definition) is 1. The number of nitrogens with zero attached hydrogens (tertiary/aromatic N) is 1. The van der Waals surface area contributed by atoms with Crippen LogP contribution in [0.25, 0.3) is 0 Å². The van der Waals surface area contributed by atoms with Gasteiger partial charge in [-0.05, 0) is 23.9 Å². The maximum absolute atomic E-state index is 12.0. The molecule has 18 heavy (non-hydrogen) atoms. The largest absolute Gasteiger partial charge is 0.316 e. The number of sulfonamides is 1. The van der Waals surface area contributed by atoms with Crippen LogP contribution in [0.5, 0.6) is 0 Å². The van der Waals surface area contributed by atoms with Crippen LogP contribution in [0, 0.1) is 11.8 Å². The average Bonchev–Trinajstić information content (AvgIpc) is 2.88. The van der Waals surface area contributed by atoms with Gasteiger partial charge >= 0.3 is 0 Å². The second kappa shape index (κ2) is 4.33. The van der Waals surface area contributed by atoms with Crippen LogP contribution in [-0.2, 0) is 10.0 Å². The molecule has 3 rings (SSSR count). The zero-order valence-electron chi connectivity index (χ0n) is 10.4. The molecule has 1 aromatic carbocycles. The Hall–Kier alpha value is -0.910. The van der Waals surface area contributed by atoms with Crippen LogP contribution < -0.4 is 5.32 Å². The molecule has 4 nitrogen and oxygen atoms in total. The van der Waals surface area contributed by atoms with Crippen molar-refractivity contribution in [1.29, 1.82) is 0 Å². The highest BCUT2D eigenvalue weighted by Gasteiger charge is 2.48. The third kappa shape index (κ3) is 1.96. The van der Waals surface area contributed by atoms with Gasteiger partial charge in [-0.3, -0.25) is 0 Å². The van der Waals surface area contributed by atoms with Gasteiger partial charge < -0.3 is 5.32 Å². The van der Waals surface area contributed by atoms with Crippen molar-refractivity contribution in [2.45, 2.75) is 6.04 Å². The molecule has 1 aromatic rings. The summed E-state index contributed by atoms with van der Waals surface area (Å²) in [6.45, 7) is 2.49. The molecule has 0 bridgehead atoms. The molecular formula is C13H18N2O2S. The summed E-state index contributed by atoms with van der Waals surface area (Å²) in [5, 5.41) is 3.37. The van der Waals surface area contributed by atoms with Gasteiger partial charge in [-0.2, -0.15) is 4.31 Å². The number of rotatable bonds is 2. The molecule has 0 unspecified atom stereocenters. The van der Waals surface area contributed by atoms with Crippen molar-refractivity contribution in [3.05, 3.63) is 35.9 Å². The molecule has 2 heterocycles. The van der Waals surface area contributed by atoms with E-state index in [2.05, 4.69) is 5.32 Å². The molecule has 0 aliphatic carbocycles. The molecule has 2 aliphatic rings. The zero-order chi connectivity index (χ0) is 12.8. The fourth-order valence-electron chi connectivity index (χ4n) is 3.29. The summed E-state index contributed by atoms with van der Waals surface area (Å²) in [5.74, 6) is 0.854. The lowest BCUT2D eigenvalue weighted by Gasteiger charge is -2.26. The van der Waals surface area contributed by atoms with Crippen LogP contribution in [0.1, 0.15) is 11.6 Å². The summed E-state index contributed by atoms with van der Waals surface area (Å²) in [5.41, 5.74) is 1.11. The number of nitrogens with one attached hydrogen (secondary N) is 1. The maximum Gasteiger partial charge on any atom is 0.211 e. The normalized spacial score (nSPS) is 32.6. The van der Waals surface area contributed by atoms with Gasteiger partial charge in [0.1, 0.15) is 0 Å². The smallest absolute Gasteiger partial charge is 0.211 e. The fraction of sp³-hybridized carbons (Fsp3) is 0.538. The number of benzene rings is 1. The summed E-state index contributed by atoms with van der Waals surface area (Å²) in [7, 11) is -3.14. The number of hydrogen-bond acceptors (Lipinski definition) is 3.